The Kier molecular flexibility index (Phi) is 10.5. The van der Waals surface area contributed by atoms with Gasteiger partial charge in [0.15, 0.2) is 5.69 Å². The van der Waals surface area contributed by atoms with E-state index in [-0.39, 0.29) is 29.6 Å². The number of halogens is 1. The molecule has 228 valence electrons. The van der Waals surface area contributed by atoms with E-state index < -0.39 is 17.4 Å². The summed E-state index contributed by atoms with van der Waals surface area (Å²) in [5, 5.41) is 5.93. The number of thioether (sulfide) groups is 1. The van der Waals surface area contributed by atoms with Gasteiger partial charge in [-0.2, -0.15) is 0 Å². The Morgan fingerprint density at radius 1 is 1.00 bits per heavy atom. The Bertz CT molecular complexity index is 1460. The fourth-order valence-electron chi connectivity index (χ4n) is 4.63. The van der Waals surface area contributed by atoms with Gasteiger partial charge >= 0.3 is 6.09 Å². The maximum absolute atomic E-state index is 13.5. The van der Waals surface area contributed by atoms with E-state index in [9.17, 15) is 14.4 Å². The van der Waals surface area contributed by atoms with Gasteiger partial charge < -0.3 is 25.0 Å². The summed E-state index contributed by atoms with van der Waals surface area (Å²) < 4.78 is 11.9. The molecule has 4 rings (SSSR count). The number of pyridine rings is 2. The molecule has 1 aliphatic rings. The number of hydrogen-bond acceptors (Lipinski definition) is 8. The van der Waals surface area contributed by atoms with E-state index in [1.807, 2.05) is 39.2 Å². The molecule has 0 bridgehead atoms. The molecule has 0 radical (unpaired) electrons. The molecule has 1 fully saturated rings. The molecule has 1 aromatic carbocycles. The van der Waals surface area contributed by atoms with Crippen LogP contribution >= 0.6 is 23.4 Å². The molecule has 0 unspecified atom stereocenters. The van der Waals surface area contributed by atoms with Crippen LogP contribution < -0.4 is 15.4 Å². The minimum Gasteiger partial charge on any atom is -0.490 e. The Labute approximate surface area is 260 Å². The van der Waals surface area contributed by atoms with Gasteiger partial charge in [0.1, 0.15) is 17.2 Å². The van der Waals surface area contributed by atoms with E-state index in [0.717, 1.165) is 17.7 Å². The minimum atomic E-state index is -0.556. The van der Waals surface area contributed by atoms with Gasteiger partial charge in [0.2, 0.25) is 0 Å². The number of nitrogens with zero attached hydrogens (tertiary/aromatic N) is 3. The van der Waals surface area contributed by atoms with E-state index in [2.05, 4.69) is 20.6 Å². The highest BCUT2D eigenvalue weighted by Crippen LogP contribution is 2.32. The molecule has 2 heterocycles. The van der Waals surface area contributed by atoms with Gasteiger partial charge in [-0.1, -0.05) is 11.6 Å². The lowest BCUT2D eigenvalue weighted by molar-refractivity contribution is 0.0138. The van der Waals surface area contributed by atoms with Crippen molar-refractivity contribution in [2.45, 2.75) is 69.1 Å². The second-order valence-electron chi connectivity index (χ2n) is 11.2. The van der Waals surface area contributed by atoms with Crippen LogP contribution in [0.25, 0.3) is 0 Å². The summed E-state index contributed by atoms with van der Waals surface area (Å²) in [5.41, 5.74) is 0.0484. The van der Waals surface area contributed by atoms with Gasteiger partial charge in [-0.15, -0.1) is 11.8 Å². The van der Waals surface area contributed by atoms with E-state index in [1.165, 1.54) is 12.4 Å². The normalized spacial score (nSPS) is 16.6. The number of benzene rings is 1. The third-order valence-corrected chi connectivity index (χ3v) is 7.79. The van der Waals surface area contributed by atoms with Crippen LogP contribution in [0, 0.1) is 0 Å². The standard InChI is InChI=1S/C31H36ClN5O5S/c1-31(2,3)42-30(40)37(4)20-9-11-21(12-10-20)41-25-17-22(43-5)13-14-23(25)28(38)35-24-7-6-16-33-27(24)29(39)36-26-15-8-19(32)18-34-26/h6-8,13-18,20-21H,9-12H2,1-5H3,(H,35,38)(H,34,36,39)/t20-,21+. The van der Waals surface area contributed by atoms with E-state index in [4.69, 9.17) is 21.1 Å². The number of nitrogens with one attached hydrogen (secondary N) is 2. The minimum absolute atomic E-state index is 0.0308. The molecular formula is C31H36ClN5O5S. The largest absolute Gasteiger partial charge is 0.490 e. The maximum atomic E-state index is 13.5. The molecule has 10 nitrogen and oxygen atoms in total. The Hall–Kier alpha value is -3.83. The first-order valence-electron chi connectivity index (χ1n) is 13.9. The molecule has 0 saturated heterocycles. The summed E-state index contributed by atoms with van der Waals surface area (Å²) >= 11 is 7.43. The van der Waals surface area contributed by atoms with Crippen molar-refractivity contribution in [2.24, 2.45) is 0 Å². The van der Waals surface area contributed by atoms with Gasteiger partial charge in [-0.25, -0.2) is 14.8 Å². The Morgan fingerprint density at radius 3 is 2.40 bits per heavy atom. The van der Waals surface area contributed by atoms with Crippen LogP contribution in [-0.4, -0.2) is 63.8 Å². The lowest BCUT2D eigenvalue weighted by Crippen LogP contribution is -2.43. The average Bonchev–Trinajstić information content (AvgIpc) is 2.97. The van der Waals surface area contributed by atoms with Crippen LogP contribution in [0.2, 0.25) is 5.02 Å². The average molecular weight is 626 g/mol. The predicted molar refractivity (Wildman–Crippen MR) is 168 cm³/mol. The first kappa shape index (κ1) is 32.1. The van der Waals surface area contributed by atoms with Crippen molar-refractivity contribution in [2.75, 3.05) is 23.9 Å². The fourth-order valence-corrected chi connectivity index (χ4v) is 5.17. The molecule has 2 N–H and O–H groups in total. The van der Waals surface area contributed by atoms with Gasteiger partial charge in [-0.3, -0.25) is 9.59 Å². The molecular weight excluding hydrogens is 590 g/mol. The van der Waals surface area contributed by atoms with Gasteiger partial charge in [0.05, 0.1) is 22.4 Å². The Morgan fingerprint density at radius 2 is 1.74 bits per heavy atom. The molecule has 12 heteroatoms. The number of ether oxygens (including phenoxy) is 2. The third-order valence-electron chi connectivity index (χ3n) is 6.84. The van der Waals surface area contributed by atoms with Crippen LogP contribution in [0.15, 0.2) is 59.8 Å². The van der Waals surface area contributed by atoms with Crippen LogP contribution in [-0.2, 0) is 4.74 Å². The van der Waals surface area contributed by atoms with Crippen molar-refractivity contribution in [1.29, 1.82) is 0 Å². The van der Waals surface area contributed by atoms with Crippen LogP contribution in [0.4, 0.5) is 16.3 Å². The molecule has 3 aromatic rings. The lowest BCUT2D eigenvalue weighted by atomic mass is 9.92. The highest BCUT2D eigenvalue weighted by Gasteiger charge is 2.31. The molecule has 0 spiro atoms. The van der Waals surface area contributed by atoms with E-state index >= 15 is 0 Å². The fraction of sp³-hybridized carbons (Fsp3) is 0.387. The second kappa shape index (κ2) is 14.1. The molecule has 1 aliphatic carbocycles. The topological polar surface area (TPSA) is 123 Å². The van der Waals surface area contributed by atoms with Gasteiger partial charge in [0.25, 0.3) is 11.8 Å². The number of rotatable bonds is 8. The zero-order chi connectivity index (χ0) is 31.1. The van der Waals surface area contributed by atoms with Crippen molar-refractivity contribution in [3.8, 4) is 5.75 Å². The molecule has 0 atom stereocenters. The monoisotopic (exact) mass is 625 g/mol. The van der Waals surface area contributed by atoms with Crippen molar-refractivity contribution in [1.82, 2.24) is 14.9 Å². The van der Waals surface area contributed by atoms with Gasteiger partial charge in [0, 0.05) is 30.4 Å². The van der Waals surface area contributed by atoms with Crippen molar-refractivity contribution < 1.29 is 23.9 Å². The van der Waals surface area contributed by atoms with Crippen LogP contribution in [0.5, 0.6) is 5.75 Å². The first-order valence-corrected chi connectivity index (χ1v) is 15.5. The first-order chi connectivity index (χ1) is 20.4. The quantitative estimate of drug-likeness (QED) is 0.259. The van der Waals surface area contributed by atoms with Crippen LogP contribution in [0.1, 0.15) is 67.3 Å². The number of aromatic nitrogens is 2. The molecule has 43 heavy (non-hydrogen) atoms. The zero-order valence-corrected chi connectivity index (χ0v) is 26.4. The van der Waals surface area contributed by atoms with Gasteiger partial charge in [-0.05, 0) is 95.2 Å². The summed E-state index contributed by atoms with van der Waals surface area (Å²) in [5.74, 6) is -0.220. The molecule has 0 aliphatic heterocycles. The number of hydrogen-bond donors (Lipinski definition) is 2. The summed E-state index contributed by atoms with van der Waals surface area (Å²) in [4.78, 5) is 49.9. The smallest absolute Gasteiger partial charge is 0.410 e. The summed E-state index contributed by atoms with van der Waals surface area (Å²) in [7, 11) is 1.77. The predicted octanol–water partition coefficient (Wildman–Crippen LogP) is 6.91. The summed E-state index contributed by atoms with van der Waals surface area (Å²) in [6.07, 6.45) is 7.31. The van der Waals surface area contributed by atoms with Crippen molar-refractivity contribution in [3.63, 3.8) is 0 Å². The molecule has 3 amide bonds. The zero-order valence-electron chi connectivity index (χ0n) is 24.8. The highest BCUT2D eigenvalue weighted by atomic mass is 35.5. The summed E-state index contributed by atoms with van der Waals surface area (Å²) in [6, 6.07) is 11.9. The molecule has 1 saturated carbocycles. The number of carbonyl (C=O) groups is 3. The van der Waals surface area contributed by atoms with Crippen LogP contribution in [0.3, 0.4) is 0 Å². The van der Waals surface area contributed by atoms with E-state index in [1.54, 1.807) is 54.0 Å². The third kappa shape index (κ3) is 8.84. The highest BCUT2D eigenvalue weighted by molar-refractivity contribution is 7.98. The second-order valence-corrected chi connectivity index (χ2v) is 12.5. The number of carbonyl (C=O) groups excluding carboxylic acids is 3. The Balaban J connectivity index is 1.45. The van der Waals surface area contributed by atoms with Crippen molar-refractivity contribution >= 4 is 52.8 Å². The number of amides is 3. The SMILES string of the molecule is CSc1ccc(C(=O)Nc2cccnc2C(=O)Nc2ccc(Cl)cn2)c(O[C@H]2CC[C@@H](N(C)C(=O)OC(C)(C)C)CC2)c1. The lowest BCUT2D eigenvalue weighted by Gasteiger charge is -2.35. The number of anilines is 2. The summed E-state index contributed by atoms with van der Waals surface area (Å²) in [6.45, 7) is 5.55. The molecule has 2 aromatic heterocycles. The maximum Gasteiger partial charge on any atom is 0.410 e. The van der Waals surface area contributed by atoms with Crippen molar-refractivity contribution in [3.05, 3.63) is 71.1 Å². The van der Waals surface area contributed by atoms with E-state index in [0.29, 0.717) is 35.0 Å².